The summed E-state index contributed by atoms with van der Waals surface area (Å²) in [6.45, 7) is 4.20. The fourth-order valence-corrected chi connectivity index (χ4v) is 3.04. The van der Waals surface area contributed by atoms with Crippen molar-refractivity contribution < 1.29 is 4.79 Å². The lowest BCUT2D eigenvalue weighted by atomic mass is 10.3. The van der Waals surface area contributed by atoms with Crippen molar-refractivity contribution in [2.45, 2.75) is 0 Å². The lowest BCUT2D eigenvalue weighted by molar-refractivity contribution is -0.117. The van der Waals surface area contributed by atoms with Crippen molar-refractivity contribution >= 4 is 57.4 Å². The van der Waals surface area contributed by atoms with Crippen LogP contribution in [0.3, 0.4) is 0 Å². The van der Waals surface area contributed by atoms with Crippen LogP contribution in [0, 0.1) is 0 Å². The molecule has 0 atom stereocenters. The molecule has 2 heterocycles. The summed E-state index contributed by atoms with van der Waals surface area (Å²) in [5.74, 6) is 0.0148. The molecule has 1 aliphatic rings. The van der Waals surface area contributed by atoms with Gasteiger partial charge >= 0.3 is 0 Å². The predicted octanol–water partition coefficient (Wildman–Crippen LogP) is 1.98. The molecule has 0 aliphatic carbocycles. The number of piperazine rings is 1. The number of fused-ring (bicyclic) bond motifs is 1. The molecule has 0 saturated carbocycles. The fourth-order valence-electron chi connectivity index (χ4n) is 2.16. The summed E-state index contributed by atoms with van der Waals surface area (Å²) < 4.78 is 1.10. The molecular formula is C13H18Cl2N4OS. The van der Waals surface area contributed by atoms with Crippen molar-refractivity contribution in [3.05, 3.63) is 24.3 Å². The maximum absolute atomic E-state index is 12.0. The number of anilines is 1. The number of thiazole rings is 1. The van der Waals surface area contributed by atoms with Crippen molar-refractivity contribution in [1.82, 2.24) is 15.2 Å². The van der Waals surface area contributed by atoms with Gasteiger partial charge in [-0.1, -0.05) is 23.5 Å². The number of halogens is 2. The Balaban J connectivity index is 0.00000110. The molecule has 2 N–H and O–H groups in total. The van der Waals surface area contributed by atoms with E-state index in [-0.39, 0.29) is 30.7 Å². The number of aromatic nitrogens is 1. The summed E-state index contributed by atoms with van der Waals surface area (Å²) in [6, 6.07) is 7.90. The van der Waals surface area contributed by atoms with Gasteiger partial charge in [0.15, 0.2) is 5.13 Å². The third-order valence-corrected chi connectivity index (χ3v) is 4.07. The molecular weight excluding hydrogens is 331 g/mol. The lowest BCUT2D eigenvalue weighted by Gasteiger charge is -2.26. The molecule has 5 nitrogen and oxygen atoms in total. The Morgan fingerprint density at radius 1 is 1.29 bits per heavy atom. The van der Waals surface area contributed by atoms with Crippen LogP contribution in [0.2, 0.25) is 0 Å². The van der Waals surface area contributed by atoms with E-state index in [0.29, 0.717) is 11.7 Å². The van der Waals surface area contributed by atoms with Gasteiger partial charge in [-0.15, -0.1) is 24.8 Å². The minimum Gasteiger partial charge on any atom is -0.314 e. The zero-order valence-corrected chi connectivity index (χ0v) is 13.8. The van der Waals surface area contributed by atoms with Gasteiger partial charge in [-0.05, 0) is 12.1 Å². The van der Waals surface area contributed by atoms with E-state index in [1.165, 1.54) is 11.3 Å². The number of nitrogens with one attached hydrogen (secondary N) is 2. The number of hydrogen-bond donors (Lipinski definition) is 2. The highest BCUT2D eigenvalue weighted by atomic mass is 35.5. The molecule has 0 radical (unpaired) electrons. The number of nitrogens with zero attached hydrogens (tertiary/aromatic N) is 2. The number of benzene rings is 1. The molecule has 0 bridgehead atoms. The molecule has 1 fully saturated rings. The molecule has 1 saturated heterocycles. The van der Waals surface area contributed by atoms with Gasteiger partial charge in [0.25, 0.3) is 0 Å². The molecule has 1 aliphatic heterocycles. The molecule has 2 aromatic rings. The van der Waals surface area contributed by atoms with E-state index in [4.69, 9.17) is 0 Å². The molecule has 0 unspecified atom stereocenters. The van der Waals surface area contributed by atoms with Crippen molar-refractivity contribution in [3.8, 4) is 0 Å². The Hall–Kier alpha value is -0.920. The first-order valence-electron chi connectivity index (χ1n) is 6.40. The minimum atomic E-state index is 0. The topological polar surface area (TPSA) is 57.3 Å². The van der Waals surface area contributed by atoms with Gasteiger partial charge in [-0.2, -0.15) is 0 Å². The minimum absolute atomic E-state index is 0. The van der Waals surface area contributed by atoms with E-state index in [9.17, 15) is 4.79 Å². The van der Waals surface area contributed by atoms with Crippen molar-refractivity contribution in [1.29, 1.82) is 0 Å². The monoisotopic (exact) mass is 348 g/mol. The third-order valence-electron chi connectivity index (χ3n) is 3.12. The van der Waals surface area contributed by atoms with E-state index < -0.39 is 0 Å². The van der Waals surface area contributed by atoms with Gasteiger partial charge in [0.2, 0.25) is 5.91 Å². The van der Waals surface area contributed by atoms with Crippen molar-refractivity contribution in [3.63, 3.8) is 0 Å². The first-order chi connectivity index (χ1) is 9.31. The molecule has 0 spiro atoms. The van der Waals surface area contributed by atoms with Crippen LogP contribution < -0.4 is 10.6 Å². The second-order valence-electron chi connectivity index (χ2n) is 4.56. The van der Waals surface area contributed by atoms with Crippen LogP contribution in [-0.2, 0) is 4.79 Å². The molecule has 21 heavy (non-hydrogen) atoms. The van der Waals surface area contributed by atoms with Crippen LogP contribution >= 0.6 is 36.2 Å². The third kappa shape index (κ3) is 4.79. The summed E-state index contributed by atoms with van der Waals surface area (Å²) in [6.07, 6.45) is 0. The summed E-state index contributed by atoms with van der Waals surface area (Å²) >= 11 is 1.51. The molecule has 1 aromatic carbocycles. The second-order valence-corrected chi connectivity index (χ2v) is 5.59. The lowest BCUT2D eigenvalue weighted by Crippen LogP contribution is -2.46. The maximum Gasteiger partial charge on any atom is 0.240 e. The van der Waals surface area contributed by atoms with Gasteiger partial charge in [0, 0.05) is 26.2 Å². The van der Waals surface area contributed by atoms with Crippen LogP contribution in [0.25, 0.3) is 10.2 Å². The molecule has 1 amide bonds. The number of carbonyl (C=O) groups excluding carboxylic acids is 1. The summed E-state index contributed by atoms with van der Waals surface area (Å²) in [5.41, 5.74) is 0.935. The average Bonchev–Trinajstić information content (AvgIpc) is 2.81. The van der Waals surface area contributed by atoms with E-state index in [0.717, 1.165) is 36.4 Å². The highest BCUT2D eigenvalue weighted by Crippen LogP contribution is 2.25. The molecule has 8 heteroatoms. The first-order valence-corrected chi connectivity index (χ1v) is 7.21. The van der Waals surface area contributed by atoms with Crippen LogP contribution in [0.5, 0.6) is 0 Å². The van der Waals surface area contributed by atoms with Gasteiger partial charge in [-0.25, -0.2) is 4.98 Å². The quantitative estimate of drug-likeness (QED) is 0.890. The van der Waals surface area contributed by atoms with E-state index in [1.54, 1.807) is 0 Å². The number of hydrogen-bond acceptors (Lipinski definition) is 5. The Morgan fingerprint density at radius 2 is 2.00 bits per heavy atom. The molecule has 3 rings (SSSR count). The Kier molecular flexibility index (Phi) is 7.34. The standard InChI is InChI=1S/C13H16N4OS.2ClH/c18-12(9-17-7-5-14-6-8-17)16-13-15-10-3-1-2-4-11(10)19-13;;/h1-4,14H,5-9H2,(H,15,16,18);2*1H. The Morgan fingerprint density at radius 3 is 2.71 bits per heavy atom. The highest BCUT2D eigenvalue weighted by molar-refractivity contribution is 7.22. The van der Waals surface area contributed by atoms with Crippen molar-refractivity contribution in [2.75, 3.05) is 38.0 Å². The van der Waals surface area contributed by atoms with Crippen LogP contribution in [0.4, 0.5) is 5.13 Å². The van der Waals surface area contributed by atoms with Gasteiger partial charge in [-0.3, -0.25) is 9.69 Å². The van der Waals surface area contributed by atoms with Gasteiger partial charge in [0.1, 0.15) is 0 Å². The smallest absolute Gasteiger partial charge is 0.240 e. The Labute approximate surface area is 139 Å². The van der Waals surface area contributed by atoms with Gasteiger partial charge in [0.05, 0.1) is 16.8 Å². The Bertz CT molecular complexity index is 553. The van der Waals surface area contributed by atoms with E-state index >= 15 is 0 Å². The van der Waals surface area contributed by atoms with Crippen LogP contribution in [0.15, 0.2) is 24.3 Å². The number of rotatable bonds is 3. The normalized spacial score (nSPS) is 15.0. The zero-order chi connectivity index (χ0) is 13.1. The zero-order valence-electron chi connectivity index (χ0n) is 11.4. The SMILES string of the molecule is Cl.Cl.O=C(CN1CCNCC1)Nc1nc2ccccc2s1. The molecule has 1 aromatic heterocycles. The number of para-hydroxylation sites is 1. The average molecular weight is 349 g/mol. The number of amides is 1. The predicted molar refractivity (Wildman–Crippen MR) is 92.1 cm³/mol. The van der Waals surface area contributed by atoms with Crippen LogP contribution in [0.1, 0.15) is 0 Å². The summed E-state index contributed by atoms with van der Waals surface area (Å²) in [7, 11) is 0. The van der Waals surface area contributed by atoms with Crippen molar-refractivity contribution in [2.24, 2.45) is 0 Å². The summed E-state index contributed by atoms with van der Waals surface area (Å²) in [4.78, 5) is 18.5. The fraction of sp³-hybridized carbons (Fsp3) is 0.385. The van der Waals surface area contributed by atoms with Gasteiger partial charge < -0.3 is 10.6 Å². The highest BCUT2D eigenvalue weighted by Gasteiger charge is 2.14. The van der Waals surface area contributed by atoms with E-state index in [2.05, 4.69) is 20.5 Å². The van der Waals surface area contributed by atoms with E-state index in [1.807, 2.05) is 24.3 Å². The van der Waals surface area contributed by atoms with Crippen LogP contribution in [-0.4, -0.2) is 48.5 Å². The summed E-state index contributed by atoms with van der Waals surface area (Å²) in [5, 5.41) is 6.84. The number of carbonyl (C=O) groups is 1. The largest absolute Gasteiger partial charge is 0.314 e. The molecule has 116 valence electrons. The maximum atomic E-state index is 12.0. The second kappa shape index (κ2) is 8.51. The first kappa shape index (κ1) is 18.1.